The highest BCUT2D eigenvalue weighted by Crippen LogP contribution is 2.28. The summed E-state index contributed by atoms with van der Waals surface area (Å²) in [5.41, 5.74) is 5.12. The van der Waals surface area contributed by atoms with Crippen molar-refractivity contribution < 1.29 is 17.9 Å². The zero-order chi connectivity index (χ0) is 22.6. The van der Waals surface area contributed by atoms with E-state index < -0.39 is 9.84 Å². The number of carbonyl (C=O) groups is 1. The number of thioether (sulfide) groups is 1. The highest BCUT2D eigenvalue weighted by atomic mass is 32.2. The van der Waals surface area contributed by atoms with Crippen LogP contribution in [0.5, 0.6) is 0 Å². The first-order valence-corrected chi connectivity index (χ1v) is 13.1. The zero-order valence-corrected chi connectivity index (χ0v) is 19.7. The van der Waals surface area contributed by atoms with E-state index in [1.807, 2.05) is 62.6 Å². The van der Waals surface area contributed by atoms with Crippen LogP contribution in [0.3, 0.4) is 0 Å². The van der Waals surface area contributed by atoms with Gasteiger partial charge in [-0.3, -0.25) is 9.48 Å². The molecule has 164 valence electrons. The Balaban J connectivity index is 1.91. The van der Waals surface area contributed by atoms with Gasteiger partial charge in [0.05, 0.1) is 16.3 Å². The lowest BCUT2D eigenvalue weighted by Gasteiger charge is -2.11. The van der Waals surface area contributed by atoms with Crippen LogP contribution in [0, 0.1) is 6.92 Å². The molecule has 0 aliphatic rings. The number of carbonyl (C=O) groups excluding carboxylic acids is 1. The second-order valence-electron chi connectivity index (χ2n) is 7.28. The van der Waals surface area contributed by atoms with Crippen molar-refractivity contribution in [2.75, 3.05) is 18.5 Å². The standard InChI is InChI=1S/C23H26N2O4S2/c1-5-17-6-11-20(13-22(17)31(4,27)28)18-7-9-19(10-8-18)21-12-16(2)24-25(21)14-23(26)29-15-30-3/h6-13H,5,14-15H2,1-4H3. The Labute approximate surface area is 187 Å². The molecule has 0 aliphatic carbocycles. The average molecular weight is 459 g/mol. The second kappa shape index (κ2) is 9.70. The van der Waals surface area contributed by atoms with Gasteiger partial charge in [0.15, 0.2) is 9.84 Å². The lowest BCUT2D eigenvalue weighted by molar-refractivity contribution is -0.142. The van der Waals surface area contributed by atoms with Crippen LogP contribution in [0.2, 0.25) is 0 Å². The maximum absolute atomic E-state index is 12.2. The van der Waals surface area contributed by atoms with Crippen molar-refractivity contribution in [1.29, 1.82) is 0 Å². The smallest absolute Gasteiger partial charge is 0.328 e. The number of hydrogen-bond donors (Lipinski definition) is 0. The highest BCUT2D eigenvalue weighted by molar-refractivity contribution is 7.98. The first kappa shape index (κ1) is 23.1. The molecule has 3 rings (SSSR count). The van der Waals surface area contributed by atoms with E-state index in [1.54, 1.807) is 10.7 Å². The molecule has 0 spiro atoms. The highest BCUT2D eigenvalue weighted by Gasteiger charge is 2.15. The van der Waals surface area contributed by atoms with Gasteiger partial charge in [-0.25, -0.2) is 8.42 Å². The van der Waals surface area contributed by atoms with Crippen molar-refractivity contribution in [3.05, 3.63) is 59.8 Å². The fourth-order valence-corrected chi connectivity index (χ4v) is 4.67. The topological polar surface area (TPSA) is 78.3 Å². The summed E-state index contributed by atoms with van der Waals surface area (Å²) in [6.07, 6.45) is 3.76. The van der Waals surface area contributed by atoms with E-state index in [0.29, 0.717) is 17.3 Å². The summed E-state index contributed by atoms with van der Waals surface area (Å²) in [7, 11) is -3.31. The fourth-order valence-electron chi connectivity index (χ4n) is 3.40. The third-order valence-electron chi connectivity index (χ3n) is 4.88. The molecule has 0 radical (unpaired) electrons. The summed E-state index contributed by atoms with van der Waals surface area (Å²) in [5, 5.41) is 4.42. The number of nitrogens with zero attached hydrogens (tertiary/aromatic N) is 2. The third-order valence-corrected chi connectivity index (χ3v) is 6.41. The van der Waals surface area contributed by atoms with E-state index in [0.717, 1.165) is 33.6 Å². The molecule has 0 atom stereocenters. The van der Waals surface area contributed by atoms with Crippen LogP contribution in [-0.2, 0) is 32.3 Å². The molecule has 8 heteroatoms. The molecule has 0 N–H and O–H groups in total. The zero-order valence-electron chi connectivity index (χ0n) is 18.1. The van der Waals surface area contributed by atoms with E-state index in [1.165, 1.54) is 18.0 Å². The van der Waals surface area contributed by atoms with Gasteiger partial charge in [0.2, 0.25) is 0 Å². The maximum Gasteiger partial charge on any atom is 0.328 e. The van der Waals surface area contributed by atoms with Gasteiger partial charge in [0, 0.05) is 6.26 Å². The predicted molar refractivity (Wildman–Crippen MR) is 125 cm³/mol. The summed E-state index contributed by atoms with van der Waals surface area (Å²) in [6.45, 7) is 3.87. The maximum atomic E-state index is 12.2. The van der Waals surface area contributed by atoms with Crippen molar-refractivity contribution in [3.8, 4) is 22.4 Å². The average Bonchev–Trinajstić information content (AvgIpc) is 3.11. The van der Waals surface area contributed by atoms with Crippen LogP contribution in [0.15, 0.2) is 53.4 Å². The van der Waals surface area contributed by atoms with Crippen LogP contribution < -0.4 is 0 Å². The Morgan fingerprint density at radius 1 is 1.06 bits per heavy atom. The van der Waals surface area contributed by atoms with Gasteiger partial charge >= 0.3 is 5.97 Å². The Kier molecular flexibility index (Phi) is 7.23. The molecule has 1 aromatic heterocycles. The molecule has 0 saturated carbocycles. The van der Waals surface area contributed by atoms with Gasteiger partial charge in [-0.1, -0.05) is 43.3 Å². The first-order chi connectivity index (χ1) is 14.7. The van der Waals surface area contributed by atoms with E-state index in [-0.39, 0.29) is 12.5 Å². The lowest BCUT2D eigenvalue weighted by Crippen LogP contribution is -2.15. The molecule has 31 heavy (non-hydrogen) atoms. The molecule has 0 saturated heterocycles. The van der Waals surface area contributed by atoms with E-state index in [4.69, 9.17) is 4.74 Å². The number of aryl methyl sites for hydroxylation is 2. The van der Waals surface area contributed by atoms with Crippen LogP contribution in [-0.4, -0.2) is 42.6 Å². The normalized spacial score (nSPS) is 11.5. The number of benzene rings is 2. The SMILES string of the molecule is CCc1ccc(-c2ccc(-c3cc(C)nn3CC(=O)OCSC)cc2)cc1S(C)(=O)=O. The monoisotopic (exact) mass is 458 g/mol. The molecule has 0 amide bonds. The lowest BCUT2D eigenvalue weighted by atomic mass is 10.0. The number of aromatic nitrogens is 2. The van der Waals surface area contributed by atoms with Gasteiger partial charge < -0.3 is 4.74 Å². The molecule has 1 heterocycles. The van der Waals surface area contributed by atoms with Crippen molar-refractivity contribution in [1.82, 2.24) is 9.78 Å². The van der Waals surface area contributed by atoms with Gasteiger partial charge in [-0.15, -0.1) is 11.8 Å². The summed E-state index contributed by atoms with van der Waals surface area (Å²) in [4.78, 5) is 12.4. The first-order valence-electron chi connectivity index (χ1n) is 9.85. The van der Waals surface area contributed by atoms with Gasteiger partial charge in [-0.2, -0.15) is 5.10 Å². The van der Waals surface area contributed by atoms with Crippen LogP contribution in [0.4, 0.5) is 0 Å². The Morgan fingerprint density at radius 3 is 2.32 bits per heavy atom. The quantitative estimate of drug-likeness (QED) is 0.369. The van der Waals surface area contributed by atoms with Gasteiger partial charge in [0.1, 0.15) is 12.5 Å². The fraction of sp³-hybridized carbons (Fsp3) is 0.304. The van der Waals surface area contributed by atoms with Crippen LogP contribution >= 0.6 is 11.8 Å². The Bertz CT molecular complexity index is 1180. The molecule has 3 aromatic rings. The second-order valence-corrected chi connectivity index (χ2v) is 10.1. The molecule has 0 aliphatic heterocycles. The van der Waals surface area contributed by atoms with Crippen molar-refractivity contribution in [2.45, 2.75) is 31.7 Å². The predicted octanol–water partition coefficient (Wildman–Crippen LogP) is 4.36. The number of ether oxygens (including phenoxy) is 1. The minimum atomic E-state index is -3.31. The van der Waals surface area contributed by atoms with Crippen molar-refractivity contribution >= 4 is 27.6 Å². The van der Waals surface area contributed by atoms with Crippen LogP contribution in [0.1, 0.15) is 18.2 Å². The summed E-state index contributed by atoms with van der Waals surface area (Å²) in [6, 6.07) is 15.3. The van der Waals surface area contributed by atoms with E-state index >= 15 is 0 Å². The summed E-state index contributed by atoms with van der Waals surface area (Å²) < 4.78 is 31.1. The minimum absolute atomic E-state index is 0.0433. The number of hydrogen-bond acceptors (Lipinski definition) is 6. The van der Waals surface area contributed by atoms with Crippen molar-refractivity contribution in [2.24, 2.45) is 0 Å². The summed E-state index contributed by atoms with van der Waals surface area (Å²) in [5.74, 6) is -0.0188. The molecule has 2 aromatic carbocycles. The van der Waals surface area contributed by atoms with Crippen LogP contribution in [0.25, 0.3) is 22.4 Å². The molecule has 6 nitrogen and oxygen atoms in total. The molecular formula is C23H26N2O4S2. The Morgan fingerprint density at radius 2 is 1.71 bits per heavy atom. The van der Waals surface area contributed by atoms with Gasteiger partial charge in [-0.05, 0) is 54.0 Å². The van der Waals surface area contributed by atoms with E-state index in [2.05, 4.69) is 5.10 Å². The molecular weight excluding hydrogens is 432 g/mol. The molecule has 0 bridgehead atoms. The number of rotatable bonds is 8. The van der Waals surface area contributed by atoms with E-state index in [9.17, 15) is 13.2 Å². The largest absolute Gasteiger partial charge is 0.453 e. The minimum Gasteiger partial charge on any atom is -0.453 e. The number of sulfone groups is 1. The molecule has 0 fully saturated rings. The third kappa shape index (κ3) is 5.57. The van der Waals surface area contributed by atoms with Crippen molar-refractivity contribution in [3.63, 3.8) is 0 Å². The van der Waals surface area contributed by atoms with Gasteiger partial charge in [0.25, 0.3) is 0 Å². The molecule has 0 unspecified atom stereocenters. The summed E-state index contributed by atoms with van der Waals surface area (Å²) >= 11 is 1.44. The Hall–Kier alpha value is -2.58. The number of esters is 1.